The van der Waals surface area contributed by atoms with Crippen molar-refractivity contribution in [2.24, 2.45) is 0 Å². The summed E-state index contributed by atoms with van der Waals surface area (Å²) in [5.74, 6) is 0.876. The first-order valence-corrected chi connectivity index (χ1v) is 18.2. The Balaban J connectivity index is 0.00000450. The summed E-state index contributed by atoms with van der Waals surface area (Å²) in [6.07, 6.45) is 3.72. The molecule has 0 unspecified atom stereocenters. The molecule has 0 bridgehead atoms. The molecule has 0 fully saturated rings. The zero-order valence-corrected chi connectivity index (χ0v) is 33.9. The molecule has 272 valence electrons. The van der Waals surface area contributed by atoms with Gasteiger partial charge in [0.05, 0.1) is 22.3 Å². The van der Waals surface area contributed by atoms with Crippen molar-refractivity contribution < 1.29 is 26.2 Å². The van der Waals surface area contributed by atoms with Crippen molar-refractivity contribution in [3.8, 4) is 56.3 Å². The predicted molar refractivity (Wildman–Crippen MR) is 219 cm³/mol. The molecule has 0 saturated heterocycles. The number of aryl methyl sites for hydroxylation is 1. The van der Waals surface area contributed by atoms with E-state index in [1.807, 2.05) is 48.8 Å². The first kappa shape index (κ1) is 37.0. The van der Waals surface area contributed by atoms with Crippen LogP contribution in [0.2, 0.25) is 0 Å². The molecule has 6 heteroatoms. The summed E-state index contributed by atoms with van der Waals surface area (Å²) < 4.78 is 2.16. The molecule has 8 rings (SSSR count). The van der Waals surface area contributed by atoms with Crippen molar-refractivity contribution >= 4 is 21.9 Å². The monoisotopic (exact) mass is 886 g/mol. The number of benzene rings is 5. The van der Waals surface area contributed by atoms with Crippen molar-refractivity contribution in [2.75, 3.05) is 0 Å². The minimum absolute atomic E-state index is 0. The van der Waals surface area contributed by atoms with E-state index in [9.17, 15) is 5.11 Å². The largest absolute Gasteiger partial charge is 0.507 e. The Hall–Kier alpha value is -5.38. The Morgan fingerprint density at radius 1 is 0.611 bits per heavy atom. The number of para-hydroxylation sites is 2. The fourth-order valence-corrected chi connectivity index (χ4v) is 7.05. The van der Waals surface area contributed by atoms with E-state index in [2.05, 4.69) is 132 Å². The molecule has 54 heavy (non-hydrogen) atoms. The maximum atomic E-state index is 11.4. The van der Waals surface area contributed by atoms with Gasteiger partial charge >= 0.3 is 0 Å². The molecular formula is C48H43N4OPt-. The SMILES string of the molecule is Cc1ccnc(-c2cc(-c3[c-]c(-c4cccc5c4nc(-c4cc(C(C)(C)C)ccc4O)n5-c4ccccc4)cc(C(C)(C)C)c3)c3ncccc3c2)c1.[Pt]. The van der Waals surface area contributed by atoms with Crippen LogP contribution in [0.4, 0.5) is 0 Å². The average molecular weight is 887 g/mol. The van der Waals surface area contributed by atoms with Crippen LogP contribution in [-0.4, -0.2) is 24.6 Å². The van der Waals surface area contributed by atoms with Crippen LogP contribution in [0.5, 0.6) is 5.75 Å². The number of nitrogens with zero attached hydrogens (tertiary/aromatic N) is 4. The number of phenols is 1. The van der Waals surface area contributed by atoms with Crippen LogP contribution < -0.4 is 0 Å². The third kappa shape index (κ3) is 6.89. The molecule has 0 aliphatic rings. The van der Waals surface area contributed by atoms with Gasteiger partial charge < -0.3 is 5.11 Å². The van der Waals surface area contributed by atoms with Crippen LogP contribution in [0.3, 0.4) is 0 Å². The summed E-state index contributed by atoms with van der Waals surface area (Å²) in [6, 6.07) is 43.4. The van der Waals surface area contributed by atoms with Gasteiger partial charge in [0.25, 0.3) is 0 Å². The molecular weight excluding hydrogens is 844 g/mol. The van der Waals surface area contributed by atoms with Crippen LogP contribution in [-0.2, 0) is 31.9 Å². The van der Waals surface area contributed by atoms with Crippen LogP contribution in [0.1, 0.15) is 58.2 Å². The number of hydrogen-bond acceptors (Lipinski definition) is 4. The number of rotatable bonds is 5. The van der Waals surface area contributed by atoms with E-state index in [-0.39, 0.29) is 37.6 Å². The number of aromatic nitrogens is 4. The van der Waals surface area contributed by atoms with Crippen LogP contribution in [0, 0.1) is 13.0 Å². The van der Waals surface area contributed by atoms with Gasteiger partial charge in [-0.3, -0.25) is 14.5 Å². The maximum absolute atomic E-state index is 11.4. The van der Waals surface area contributed by atoms with Gasteiger partial charge in [-0.2, -0.15) is 0 Å². The van der Waals surface area contributed by atoms with Gasteiger partial charge in [-0.25, -0.2) is 4.98 Å². The first-order chi connectivity index (χ1) is 25.3. The van der Waals surface area contributed by atoms with Gasteiger partial charge in [-0.05, 0) is 94.4 Å². The third-order valence-electron chi connectivity index (χ3n) is 10.0. The fourth-order valence-electron chi connectivity index (χ4n) is 7.05. The summed E-state index contributed by atoms with van der Waals surface area (Å²) in [7, 11) is 0. The molecule has 5 nitrogen and oxygen atoms in total. The summed E-state index contributed by atoms with van der Waals surface area (Å²) in [4.78, 5) is 15.0. The van der Waals surface area contributed by atoms with E-state index in [4.69, 9.17) is 15.0 Å². The van der Waals surface area contributed by atoms with Crippen molar-refractivity contribution in [1.29, 1.82) is 0 Å². The Labute approximate surface area is 332 Å². The fraction of sp³-hybridized carbons (Fsp3) is 0.188. The van der Waals surface area contributed by atoms with Gasteiger partial charge in [0, 0.05) is 44.7 Å². The van der Waals surface area contributed by atoms with E-state index in [0.717, 1.165) is 72.3 Å². The predicted octanol–water partition coefficient (Wildman–Crippen LogP) is 12.0. The molecule has 0 saturated carbocycles. The Kier molecular flexibility index (Phi) is 9.66. The second-order valence-electron chi connectivity index (χ2n) is 16.0. The smallest absolute Gasteiger partial charge is 0.148 e. The minimum Gasteiger partial charge on any atom is -0.507 e. The second-order valence-corrected chi connectivity index (χ2v) is 16.0. The van der Waals surface area contributed by atoms with E-state index >= 15 is 0 Å². The van der Waals surface area contributed by atoms with Gasteiger partial charge in [0.1, 0.15) is 11.6 Å². The van der Waals surface area contributed by atoms with Crippen molar-refractivity contribution in [2.45, 2.75) is 59.3 Å². The molecule has 1 N–H and O–H groups in total. The Bertz CT molecular complexity index is 2660. The molecule has 0 atom stereocenters. The van der Waals surface area contributed by atoms with Gasteiger partial charge in [-0.15, -0.1) is 34.9 Å². The maximum Gasteiger partial charge on any atom is 0.148 e. The Morgan fingerprint density at radius 2 is 1.35 bits per heavy atom. The summed E-state index contributed by atoms with van der Waals surface area (Å²) in [5.41, 5.74) is 13.4. The number of phenolic OH excluding ortho intramolecular Hbond substituents is 1. The molecule has 3 heterocycles. The van der Waals surface area contributed by atoms with Gasteiger partial charge in [0.15, 0.2) is 0 Å². The zero-order valence-electron chi connectivity index (χ0n) is 31.7. The molecule has 3 aromatic heterocycles. The number of imidazole rings is 1. The zero-order chi connectivity index (χ0) is 37.1. The summed E-state index contributed by atoms with van der Waals surface area (Å²) in [6.45, 7) is 15.4. The second kappa shape index (κ2) is 14.1. The van der Waals surface area contributed by atoms with Crippen molar-refractivity contribution in [1.82, 2.24) is 19.5 Å². The van der Waals surface area contributed by atoms with Gasteiger partial charge in [0.2, 0.25) is 0 Å². The quantitative estimate of drug-likeness (QED) is 0.175. The molecule has 0 radical (unpaired) electrons. The summed E-state index contributed by atoms with van der Waals surface area (Å²) in [5, 5.41) is 12.4. The number of fused-ring (bicyclic) bond motifs is 2. The number of aromatic hydroxyl groups is 1. The topological polar surface area (TPSA) is 63.8 Å². The van der Waals surface area contributed by atoms with Crippen LogP contribution >= 0.6 is 0 Å². The van der Waals surface area contributed by atoms with Crippen LogP contribution in [0.25, 0.3) is 72.5 Å². The third-order valence-corrected chi connectivity index (χ3v) is 10.0. The molecule has 0 aliphatic carbocycles. The average Bonchev–Trinajstić information content (AvgIpc) is 3.53. The molecule has 5 aromatic carbocycles. The normalized spacial score (nSPS) is 11.9. The minimum atomic E-state index is -0.154. The standard InChI is InChI=1S/C48H43N4O.Pt/c1-30-20-22-49-41(23-30)34-24-31-13-12-21-50-44(31)39(28-34)33-25-32(26-36(27-33)48(5,6)7)38-16-11-17-42-45(38)51-46(52(42)37-14-9-8-10-15-37)40-29-35(47(2,3)4)18-19-43(40)53;/h8-24,26-29,53H,1-7H3;/q-1;. The molecule has 0 aliphatic heterocycles. The first-order valence-electron chi connectivity index (χ1n) is 18.2. The van der Waals surface area contributed by atoms with E-state index in [0.29, 0.717) is 11.4 Å². The van der Waals surface area contributed by atoms with E-state index in [1.54, 1.807) is 6.07 Å². The van der Waals surface area contributed by atoms with Gasteiger partial charge in [-0.1, -0.05) is 101 Å². The van der Waals surface area contributed by atoms with Crippen molar-refractivity contribution in [3.05, 3.63) is 150 Å². The van der Waals surface area contributed by atoms with E-state index in [1.165, 1.54) is 5.56 Å². The Morgan fingerprint density at radius 3 is 2.07 bits per heavy atom. The molecule has 0 amide bonds. The number of hydrogen-bond donors (Lipinski definition) is 1. The molecule has 0 spiro atoms. The van der Waals surface area contributed by atoms with E-state index < -0.39 is 0 Å². The molecule has 8 aromatic rings. The summed E-state index contributed by atoms with van der Waals surface area (Å²) >= 11 is 0. The van der Waals surface area contributed by atoms with Crippen LogP contribution in [0.15, 0.2) is 128 Å². The number of pyridine rings is 2. The van der Waals surface area contributed by atoms with Crippen molar-refractivity contribution in [3.63, 3.8) is 0 Å².